The quantitative estimate of drug-likeness (QED) is 0.935. The number of benzene rings is 1. The molecule has 1 saturated heterocycles. The minimum absolute atomic E-state index is 0.380. The van der Waals surface area contributed by atoms with Crippen molar-refractivity contribution in [2.75, 3.05) is 18.0 Å². The highest BCUT2D eigenvalue weighted by Crippen LogP contribution is 2.27. The summed E-state index contributed by atoms with van der Waals surface area (Å²) in [5, 5.41) is 0. The Morgan fingerprint density at radius 1 is 1.21 bits per heavy atom. The van der Waals surface area contributed by atoms with E-state index in [-0.39, 0.29) is 5.82 Å². The maximum absolute atomic E-state index is 14.1. The van der Waals surface area contributed by atoms with E-state index < -0.39 is 6.03 Å². The van der Waals surface area contributed by atoms with E-state index in [4.69, 9.17) is 5.73 Å². The standard InChI is InChI=1S/C18H21FN4O/c19-15-9-14(13-22-7-2-1-3-8-22)10-17(11-15)23(18(20)24)16-5-4-6-21-12-16/h4-6,9-12H,1-3,7-8,13H2,(H2,20,24). The second-order valence-electron chi connectivity index (χ2n) is 6.04. The molecule has 0 bridgehead atoms. The molecule has 0 aliphatic carbocycles. The van der Waals surface area contributed by atoms with E-state index in [9.17, 15) is 9.18 Å². The third-order valence-corrected chi connectivity index (χ3v) is 4.18. The molecule has 1 aliphatic rings. The van der Waals surface area contributed by atoms with Crippen LogP contribution in [0, 0.1) is 5.82 Å². The van der Waals surface area contributed by atoms with E-state index in [1.165, 1.54) is 42.5 Å². The summed E-state index contributed by atoms with van der Waals surface area (Å²) in [6.45, 7) is 2.71. The molecule has 2 heterocycles. The first-order valence-corrected chi connectivity index (χ1v) is 8.15. The number of nitrogens with zero attached hydrogens (tertiary/aromatic N) is 3. The fraction of sp³-hybridized carbons (Fsp3) is 0.333. The first-order chi connectivity index (χ1) is 11.6. The zero-order valence-electron chi connectivity index (χ0n) is 13.5. The van der Waals surface area contributed by atoms with Gasteiger partial charge in [0.05, 0.1) is 17.6 Å². The third kappa shape index (κ3) is 3.89. The van der Waals surface area contributed by atoms with Crippen LogP contribution in [0.5, 0.6) is 0 Å². The lowest BCUT2D eigenvalue weighted by molar-refractivity contribution is 0.220. The van der Waals surface area contributed by atoms with Crippen molar-refractivity contribution in [3.05, 3.63) is 54.1 Å². The van der Waals surface area contributed by atoms with Gasteiger partial charge < -0.3 is 5.73 Å². The number of amides is 2. The SMILES string of the molecule is NC(=O)N(c1cccnc1)c1cc(F)cc(CN2CCCCC2)c1. The molecular formula is C18H21FN4O. The molecule has 2 aromatic rings. The molecule has 1 fully saturated rings. The molecule has 0 unspecified atom stereocenters. The van der Waals surface area contributed by atoms with Crippen molar-refractivity contribution in [3.8, 4) is 0 Å². The van der Waals surface area contributed by atoms with Gasteiger partial charge in [0, 0.05) is 12.7 Å². The average Bonchev–Trinajstić information content (AvgIpc) is 2.56. The van der Waals surface area contributed by atoms with Gasteiger partial charge in [-0.2, -0.15) is 0 Å². The highest BCUT2D eigenvalue weighted by Gasteiger charge is 2.18. The van der Waals surface area contributed by atoms with Gasteiger partial charge in [0.15, 0.2) is 0 Å². The number of urea groups is 1. The topological polar surface area (TPSA) is 62.5 Å². The lowest BCUT2D eigenvalue weighted by Gasteiger charge is -2.27. The van der Waals surface area contributed by atoms with E-state index in [0.29, 0.717) is 17.9 Å². The number of aromatic nitrogens is 1. The molecule has 24 heavy (non-hydrogen) atoms. The number of primary amides is 1. The number of pyridine rings is 1. The van der Waals surface area contributed by atoms with Gasteiger partial charge in [-0.15, -0.1) is 0 Å². The molecule has 126 valence electrons. The lowest BCUT2D eigenvalue weighted by atomic mass is 10.1. The highest BCUT2D eigenvalue weighted by molar-refractivity contribution is 5.98. The number of hydrogen-bond donors (Lipinski definition) is 1. The lowest BCUT2D eigenvalue weighted by Crippen LogP contribution is -2.32. The third-order valence-electron chi connectivity index (χ3n) is 4.18. The molecule has 1 aliphatic heterocycles. The normalized spacial score (nSPS) is 15.2. The zero-order valence-corrected chi connectivity index (χ0v) is 13.5. The largest absolute Gasteiger partial charge is 0.351 e. The fourth-order valence-corrected chi connectivity index (χ4v) is 3.12. The van der Waals surface area contributed by atoms with Crippen molar-refractivity contribution in [1.82, 2.24) is 9.88 Å². The minimum Gasteiger partial charge on any atom is -0.351 e. The fourth-order valence-electron chi connectivity index (χ4n) is 3.12. The van der Waals surface area contributed by atoms with Crippen molar-refractivity contribution in [3.63, 3.8) is 0 Å². The Hall–Kier alpha value is -2.47. The van der Waals surface area contributed by atoms with Crippen LogP contribution in [0.25, 0.3) is 0 Å². The van der Waals surface area contributed by atoms with Crippen LogP contribution in [0.4, 0.5) is 20.6 Å². The van der Waals surface area contributed by atoms with Crippen LogP contribution in [0.15, 0.2) is 42.7 Å². The Morgan fingerprint density at radius 3 is 2.67 bits per heavy atom. The van der Waals surface area contributed by atoms with Crippen LogP contribution in [0.1, 0.15) is 24.8 Å². The van der Waals surface area contributed by atoms with Gasteiger partial charge in [-0.25, -0.2) is 9.18 Å². The van der Waals surface area contributed by atoms with Gasteiger partial charge in [0.2, 0.25) is 0 Å². The number of anilines is 2. The summed E-state index contributed by atoms with van der Waals surface area (Å²) >= 11 is 0. The molecule has 1 aromatic carbocycles. The second-order valence-corrected chi connectivity index (χ2v) is 6.04. The van der Waals surface area contributed by atoms with Crippen molar-refractivity contribution < 1.29 is 9.18 Å². The summed E-state index contributed by atoms with van der Waals surface area (Å²) in [6, 6.07) is 7.40. The number of likely N-dealkylation sites (tertiary alicyclic amines) is 1. The maximum Gasteiger partial charge on any atom is 0.323 e. The molecule has 0 saturated carbocycles. The van der Waals surface area contributed by atoms with E-state index in [1.54, 1.807) is 18.3 Å². The summed E-state index contributed by atoms with van der Waals surface area (Å²) in [6.07, 6.45) is 6.73. The molecule has 5 nitrogen and oxygen atoms in total. The summed E-state index contributed by atoms with van der Waals surface area (Å²) in [5.41, 5.74) is 7.28. The molecule has 6 heteroatoms. The van der Waals surface area contributed by atoms with Crippen LogP contribution >= 0.6 is 0 Å². The molecule has 3 rings (SSSR count). The molecule has 0 spiro atoms. The first kappa shape index (κ1) is 16.4. The first-order valence-electron chi connectivity index (χ1n) is 8.15. The van der Waals surface area contributed by atoms with E-state index in [1.807, 2.05) is 6.07 Å². The number of rotatable bonds is 4. The molecule has 0 atom stereocenters. The molecule has 1 aromatic heterocycles. The van der Waals surface area contributed by atoms with Crippen molar-refractivity contribution in [1.29, 1.82) is 0 Å². The molecule has 2 N–H and O–H groups in total. The Morgan fingerprint density at radius 2 is 2.00 bits per heavy atom. The van der Waals surface area contributed by atoms with Crippen LogP contribution in [-0.2, 0) is 6.54 Å². The Kier molecular flexibility index (Phi) is 5.05. The van der Waals surface area contributed by atoms with E-state index in [2.05, 4.69) is 9.88 Å². The van der Waals surface area contributed by atoms with Gasteiger partial charge in [-0.3, -0.25) is 14.8 Å². The molecule has 2 amide bonds. The number of nitrogens with two attached hydrogens (primary N) is 1. The van der Waals surface area contributed by atoms with Crippen LogP contribution in [0.2, 0.25) is 0 Å². The summed E-state index contributed by atoms with van der Waals surface area (Å²) in [7, 11) is 0. The Balaban J connectivity index is 1.90. The summed E-state index contributed by atoms with van der Waals surface area (Å²) < 4.78 is 14.1. The maximum atomic E-state index is 14.1. The van der Waals surface area contributed by atoms with Crippen molar-refractivity contribution >= 4 is 17.4 Å². The number of hydrogen-bond acceptors (Lipinski definition) is 3. The van der Waals surface area contributed by atoms with E-state index >= 15 is 0 Å². The average molecular weight is 328 g/mol. The number of halogens is 1. The Bertz CT molecular complexity index is 701. The van der Waals surface area contributed by atoms with Gasteiger partial charge in [0.25, 0.3) is 0 Å². The predicted octanol–water partition coefficient (Wildman–Crippen LogP) is 3.42. The second kappa shape index (κ2) is 7.40. The highest BCUT2D eigenvalue weighted by atomic mass is 19.1. The van der Waals surface area contributed by atoms with Crippen LogP contribution < -0.4 is 10.6 Å². The number of carbonyl (C=O) groups excluding carboxylic acids is 1. The molecular weight excluding hydrogens is 307 g/mol. The van der Waals surface area contributed by atoms with Crippen LogP contribution in [-0.4, -0.2) is 29.0 Å². The predicted molar refractivity (Wildman–Crippen MR) is 91.5 cm³/mol. The number of carbonyl (C=O) groups is 1. The molecule has 0 radical (unpaired) electrons. The van der Waals surface area contributed by atoms with Crippen LogP contribution in [0.3, 0.4) is 0 Å². The summed E-state index contributed by atoms with van der Waals surface area (Å²) in [5.74, 6) is -0.380. The van der Waals surface area contributed by atoms with Gasteiger partial charge in [0.1, 0.15) is 5.82 Å². The van der Waals surface area contributed by atoms with Crippen molar-refractivity contribution in [2.45, 2.75) is 25.8 Å². The minimum atomic E-state index is -0.669. The van der Waals surface area contributed by atoms with Crippen molar-refractivity contribution in [2.24, 2.45) is 5.73 Å². The van der Waals surface area contributed by atoms with Gasteiger partial charge >= 0.3 is 6.03 Å². The smallest absolute Gasteiger partial charge is 0.323 e. The monoisotopic (exact) mass is 328 g/mol. The van der Waals surface area contributed by atoms with Gasteiger partial charge in [-0.05, 0) is 61.8 Å². The summed E-state index contributed by atoms with van der Waals surface area (Å²) in [4.78, 5) is 19.5. The van der Waals surface area contributed by atoms with E-state index in [0.717, 1.165) is 18.7 Å². The zero-order chi connectivity index (χ0) is 16.9. The van der Waals surface area contributed by atoms with Gasteiger partial charge in [-0.1, -0.05) is 6.42 Å². The number of piperidine rings is 1. The Labute approximate surface area is 140 Å².